The van der Waals surface area contributed by atoms with Crippen molar-refractivity contribution in [3.05, 3.63) is 34.2 Å². The number of nitrogens with zero attached hydrogens (tertiary/aromatic N) is 1. The van der Waals surface area contributed by atoms with E-state index in [4.69, 9.17) is 11.6 Å². The number of hydrogen-bond acceptors (Lipinski definition) is 2. The summed E-state index contributed by atoms with van der Waals surface area (Å²) >= 11 is 5.84. The monoisotopic (exact) mass is 280 g/mol. The van der Waals surface area contributed by atoms with Gasteiger partial charge in [-0.05, 0) is 37.5 Å². The van der Waals surface area contributed by atoms with E-state index in [1.807, 2.05) is 19.9 Å². The molecule has 0 amide bonds. The summed E-state index contributed by atoms with van der Waals surface area (Å²) < 4.78 is 14.1. The molecule has 0 spiro atoms. The zero-order valence-corrected chi connectivity index (χ0v) is 12.4. The molecule has 0 aliphatic carbocycles. The van der Waals surface area contributed by atoms with E-state index in [1.165, 1.54) is 0 Å². The molecule has 2 rings (SSSR count). The number of halogens is 2. The Balaban J connectivity index is 2.88. The second kappa shape index (κ2) is 5.33. The normalized spacial score (nSPS) is 11.3. The highest BCUT2D eigenvalue weighted by Gasteiger charge is 2.18. The molecule has 4 heteroatoms. The summed E-state index contributed by atoms with van der Waals surface area (Å²) in [5.74, 6) is -0.124. The molecule has 102 valence electrons. The lowest BCUT2D eigenvalue weighted by Crippen LogP contribution is -2.07. The molecule has 0 unspecified atom stereocenters. The smallest absolute Gasteiger partial charge is 0.168 e. The maximum atomic E-state index is 14.1. The van der Waals surface area contributed by atoms with Crippen molar-refractivity contribution in [2.75, 3.05) is 11.9 Å². The number of anilines is 1. The number of benzene rings is 1. The van der Waals surface area contributed by atoms with Gasteiger partial charge in [0, 0.05) is 23.3 Å². The van der Waals surface area contributed by atoms with Gasteiger partial charge in [-0.15, -0.1) is 0 Å². The van der Waals surface area contributed by atoms with Crippen molar-refractivity contribution in [1.82, 2.24) is 4.98 Å². The van der Waals surface area contributed by atoms with Crippen molar-refractivity contribution >= 4 is 28.2 Å². The SMILES string of the molecule is CCNc1c(C(C)C)c(C)nc2c(F)c(Cl)ccc12. The van der Waals surface area contributed by atoms with Gasteiger partial charge in [0.1, 0.15) is 5.52 Å². The second-order valence-electron chi connectivity index (χ2n) is 4.93. The predicted octanol–water partition coefficient (Wildman–Crippen LogP) is 4.89. The van der Waals surface area contributed by atoms with E-state index in [-0.39, 0.29) is 5.02 Å². The van der Waals surface area contributed by atoms with Crippen molar-refractivity contribution in [3.63, 3.8) is 0 Å². The van der Waals surface area contributed by atoms with Gasteiger partial charge >= 0.3 is 0 Å². The number of fused-ring (bicyclic) bond motifs is 1. The highest BCUT2D eigenvalue weighted by atomic mass is 35.5. The Bertz CT molecular complexity index is 623. The molecule has 0 saturated heterocycles. The van der Waals surface area contributed by atoms with Crippen LogP contribution in [0.3, 0.4) is 0 Å². The van der Waals surface area contributed by atoms with Gasteiger partial charge in [0.05, 0.1) is 5.02 Å². The van der Waals surface area contributed by atoms with Gasteiger partial charge in [-0.25, -0.2) is 9.37 Å². The van der Waals surface area contributed by atoms with Crippen LogP contribution in [0, 0.1) is 12.7 Å². The zero-order chi connectivity index (χ0) is 14.2. The van der Waals surface area contributed by atoms with E-state index in [0.29, 0.717) is 11.4 Å². The second-order valence-corrected chi connectivity index (χ2v) is 5.34. The van der Waals surface area contributed by atoms with E-state index < -0.39 is 5.82 Å². The van der Waals surface area contributed by atoms with Gasteiger partial charge in [-0.2, -0.15) is 0 Å². The molecule has 0 fully saturated rings. The maximum absolute atomic E-state index is 14.1. The van der Waals surface area contributed by atoms with Crippen LogP contribution in [0.4, 0.5) is 10.1 Å². The number of nitrogens with one attached hydrogen (secondary N) is 1. The lowest BCUT2D eigenvalue weighted by atomic mass is 9.96. The van der Waals surface area contributed by atoms with Crippen LogP contribution < -0.4 is 5.32 Å². The van der Waals surface area contributed by atoms with Crippen molar-refractivity contribution < 1.29 is 4.39 Å². The highest BCUT2D eigenvalue weighted by Crippen LogP contribution is 2.35. The fourth-order valence-corrected chi connectivity index (χ4v) is 2.63. The van der Waals surface area contributed by atoms with E-state index in [9.17, 15) is 4.39 Å². The van der Waals surface area contributed by atoms with Crippen molar-refractivity contribution in [1.29, 1.82) is 0 Å². The minimum atomic E-state index is -0.447. The molecule has 1 aromatic carbocycles. The highest BCUT2D eigenvalue weighted by molar-refractivity contribution is 6.31. The van der Waals surface area contributed by atoms with Crippen LogP contribution >= 0.6 is 11.6 Å². The summed E-state index contributed by atoms with van der Waals surface area (Å²) in [4.78, 5) is 4.40. The summed E-state index contributed by atoms with van der Waals surface area (Å²) in [7, 11) is 0. The molecule has 0 bridgehead atoms. The molecule has 1 heterocycles. The fraction of sp³-hybridized carbons (Fsp3) is 0.400. The van der Waals surface area contributed by atoms with Gasteiger partial charge in [-0.1, -0.05) is 25.4 Å². The molecule has 0 aliphatic heterocycles. The number of hydrogen-bond donors (Lipinski definition) is 1. The topological polar surface area (TPSA) is 24.9 Å². The fourth-order valence-electron chi connectivity index (χ4n) is 2.48. The number of rotatable bonds is 3. The molecule has 0 atom stereocenters. The first-order valence-electron chi connectivity index (χ1n) is 6.49. The van der Waals surface area contributed by atoms with Crippen LogP contribution in [-0.4, -0.2) is 11.5 Å². The van der Waals surface area contributed by atoms with Crippen LogP contribution in [0.15, 0.2) is 12.1 Å². The third kappa shape index (κ3) is 2.39. The Labute approximate surface area is 118 Å². The molecule has 0 radical (unpaired) electrons. The third-order valence-corrected chi connectivity index (χ3v) is 3.50. The molecule has 19 heavy (non-hydrogen) atoms. The lowest BCUT2D eigenvalue weighted by molar-refractivity contribution is 0.636. The van der Waals surface area contributed by atoms with Gasteiger partial charge < -0.3 is 5.32 Å². The van der Waals surface area contributed by atoms with Crippen LogP contribution in [0.5, 0.6) is 0 Å². The number of pyridine rings is 1. The molecular weight excluding hydrogens is 263 g/mol. The maximum Gasteiger partial charge on any atom is 0.168 e. The Kier molecular flexibility index (Phi) is 3.95. The van der Waals surface area contributed by atoms with E-state index in [2.05, 4.69) is 24.1 Å². The summed E-state index contributed by atoms with van der Waals surface area (Å²) in [6.07, 6.45) is 0. The Hall–Kier alpha value is -1.35. The number of aryl methyl sites for hydroxylation is 1. The molecular formula is C15H18ClFN2. The Morgan fingerprint density at radius 2 is 2.05 bits per heavy atom. The average Bonchev–Trinajstić information content (AvgIpc) is 2.34. The van der Waals surface area contributed by atoms with Gasteiger partial charge in [0.2, 0.25) is 0 Å². The third-order valence-electron chi connectivity index (χ3n) is 3.21. The molecule has 2 aromatic rings. The van der Waals surface area contributed by atoms with Crippen LogP contribution in [-0.2, 0) is 0 Å². The van der Waals surface area contributed by atoms with E-state index in [0.717, 1.165) is 28.9 Å². The first kappa shape index (κ1) is 14.1. The van der Waals surface area contributed by atoms with Gasteiger partial charge in [0.25, 0.3) is 0 Å². The van der Waals surface area contributed by atoms with Crippen LogP contribution in [0.2, 0.25) is 5.02 Å². The first-order chi connectivity index (χ1) is 8.97. The minimum Gasteiger partial charge on any atom is -0.384 e. The van der Waals surface area contributed by atoms with Gasteiger partial charge in [-0.3, -0.25) is 0 Å². The van der Waals surface area contributed by atoms with Crippen LogP contribution in [0.1, 0.15) is 37.9 Å². The van der Waals surface area contributed by atoms with Crippen molar-refractivity contribution in [2.24, 2.45) is 0 Å². The summed E-state index contributed by atoms with van der Waals surface area (Å²) in [5.41, 5.74) is 3.29. The van der Waals surface area contributed by atoms with Crippen molar-refractivity contribution in [2.45, 2.75) is 33.6 Å². The van der Waals surface area contributed by atoms with E-state index >= 15 is 0 Å². The predicted molar refractivity (Wildman–Crippen MR) is 79.7 cm³/mol. The zero-order valence-electron chi connectivity index (χ0n) is 11.6. The lowest BCUT2D eigenvalue weighted by Gasteiger charge is -2.19. The standard InChI is InChI=1S/C15H18ClFN2/c1-5-18-14-10-6-7-11(16)13(17)15(10)19-9(4)12(14)8(2)3/h6-8H,5H2,1-4H3,(H,18,19). The number of aromatic nitrogens is 1. The summed E-state index contributed by atoms with van der Waals surface area (Å²) in [6.45, 7) is 8.95. The average molecular weight is 281 g/mol. The molecule has 1 N–H and O–H groups in total. The van der Waals surface area contributed by atoms with Crippen LogP contribution in [0.25, 0.3) is 10.9 Å². The molecule has 1 aromatic heterocycles. The summed E-state index contributed by atoms with van der Waals surface area (Å²) in [5, 5.41) is 4.24. The largest absolute Gasteiger partial charge is 0.384 e. The quantitative estimate of drug-likeness (QED) is 0.866. The summed E-state index contributed by atoms with van der Waals surface area (Å²) in [6, 6.07) is 3.41. The molecule has 0 aliphatic rings. The first-order valence-corrected chi connectivity index (χ1v) is 6.87. The molecule has 0 saturated carbocycles. The van der Waals surface area contributed by atoms with Gasteiger partial charge in [0.15, 0.2) is 5.82 Å². The Morgan fingerprint density at radius 1 is 1.37 bits per heavy atom. The molecule has 2 nitrogen and oxygen atoms in total. The van der Waals surface area contributed by atoms with Crippen molar-refractivity contribution in [3.8, 4) is 0 Å². The minimum absolute atomic E-state index is 0.110. The Morgan fingerprint density at radius 3 is 2.63 bits per heavy atom. The van der Waals surface area contributed by atoms with E-state index in [1.54, 1.807) is 6.07 Å².